The summed E-state index contributed by atoms with van der Waals surface area (Å²) in [4.78, 5) is 0. The molecule has 140 valence electrons. The molecule has 0 aliphatic heterocycles. The van der Waals surface area contributed by atoms with E-state index in [4.69, 9.17) is 14.2 Å². The van der Waals surface area contributed by atoms with Crippen molar-refractivity contribution >= 4 is 5.69 Å². The minimum atomic E-state index is 0.479. The summed E-state index contributed by atoms with van der Waals surface area (Å²) >= 11 is 0. The fraction of sp³-hybridized carbons (Fsp3) is 0.217. The number of hydrogen-bond acceptors (Lipinski definition) is 4. The minimum Gasteiger partial charge on any atom is -0.491 e. The zero-order valence-corrected chi connectivity index (χ0v) is 15.6. The lowest BCUT2D eigenvalue weighted by Crippen LogP contribution is -2.14. The second-order valence-electron chi connectivity index (χ2n) is 6.05. The number of aryl methyl sites for hydroxylation is 1. The van der Waals surface area contributed by atoms with E-state index in [1.165, 1.54) is 0 Å². The molecule has 0 amide bonds. The molecule has 3 rings (SSSR count). The number of rotatable bonds is 10. The van der Waals surface area contributed by atoms with Crippen LogP contribution in [0.2, 0.25) is 0 Å². The van der Waals surface area contributed by atoms with Crippen LogP contribution in [-0.2, 0) is 0 Å². The van der Waals surface area contributed by atoms with Gasteiger partial charge in [-0.2, -0.15) is 0 Å². The van der Waals surface area contributed by atoms with Gasteiger partial charge in [0.2, 0.25) is 0 Å². The Morgan fingerprint density at radius 3 is 2.07 bits per heavy atom. The highest BCUT2D eigenvalue weighted by Gasteiger charge is 2.03. The Balaban J connectivity index is 1.42. The third kappa shape index (κ3) is 5.96. The highest BCUT2D eigenvalue weighted by Crippen LogP contribution is 2.23. The van der Waals surface area contributed by atoms with E-state index in [0.717, 1.165) is 28.5 Å². The Labute approximate surface area is 160 Å². The van der Waals surface area contributed by atoms with Crippen molar-refractivity contribution in [3.8, 4) is 17.2 Å². The van der Waals surface area contributed by atoms with Crippen LogP contribution in [0.4, 0.5) is 5.69 Å². The first-order chi connectivity index (χ1) is 13.3. The fourth-order valence-electron chi connectivity index (χ4n) is 2.63. The smallest absolute Gasteiger partial charge is 0.142 e. The molecule has 3 aromatic carbocycles. The Bertz CT molecular complexity index is 821. The van der Waals surface area contributed by atoms with Crippen LogP contribution in [0.5, 0.6) is 17.2 Å². The summed E-state index contributed by atoms with van der Waals surface area (Å²) in [5.41, 5.74) is 2.09. The van der Waals surface area contributed by atoms with Gasteiger partial charge in [0.15, 0.2) is 0 Å². The molecule has 4 nitrogen and oxygen atoms in total. The Morgan fingerprint density at radius 1 is 0.630 bits per heavy atom. The molecule has 0 unspecified atom stereocenters. The maximum Gasteiger partial charge on any atom is 0.142 e. The molecule has 0 saturated heterocycles. The summed E-state index contributed by atoms with van der Waals surface area (Å²) in [6.45, 7) is 4.29. The van der Waals surface area contributed by atoms with Gasteiger partial charge in [0.05, 0.1) is 5.69 Å². The standard InChI is InChI=1S/C23H25NO3/c1-19-9-5-7-13-22(19)26-16-15-24-21-12-6-8-14-23(21)27-18-17-25-20-10-3-2-4-11-20/h2-14,24H,15-18H2,1H3. The Hall–Kier alpha value is -3.14. The molecule has 4 heteroatoms. The summed E-state index contributed by atoms with van der Waals surface area (Å²) in [5, 5.41) is 3.37. The van der Waals surface area contributed by atoms with Crippen LogP contribution >= 0.6 is 0 Å². The van der Waals surface area contributed by atoms with Crippen LogP contribution in [0.1, 0.15) is 5.56 Å². The average Bonchev–Trinajstić information content (AvgIpc) is 2.71. The molecular weight excluding hydrogens is 338 g/mol. The molecule has 1 N–H and O–H groups in total. The van der Waals surface area contributed by atoms with Crippen molar-refractivity contribution in [2.24, 2.45) is 0 Å². The molecule has 0 spiro atoms. The van der Waals surface area contributed by atoms with Crippen molar-refractivity contribution in [1.29, 1.82) is 0 Å². The van der Waals surface area contributed by atoms with E-state index in [9.17, 15) is 0 Å². The third-order valence-electron chi connectivity index (χ3n) is 4.01. The number of benzene rings is 3. The summed E-state index contributed by atoms with van der Waals surface area (Å²) in [6.07, 6.45) is 0. The lowest BCUT2D eigenvalue weighted by molar-refractivity contribution is 0.217. The van der Waals surface area contributed by atoms with Crippen LogP contribution in [0.25, 0.3) is 0 Å². The first-order valence-electron chi connectivity index (χ1n) is 9.15. The molecule has 0 bridgehead atoms. The number of anilines is 1. The molecule has 0 aromatic heterocycles. The molecular formula is C23H25NO3. The second-order valence-corrected chi connectivity index (χ2v) is 6.05. The van der Waals surface area contributed by atoms with Crippen molar-refractivity contribution in [3.63, 3.8) is 0 Å². The van der Waals surface area contributed by atoms with Gasteiger partial charge in [-0.3, -0.25) is 0 Å². The fourth-order valence-corrected chi connectivity index (χ4v) is 2.63. The largest absolute Gasteiger partial charge is 0.491 e. The quantitative estimate of drug-likeness (QED) is 0.518. The summed E-state index contributed by atoms with van der Waals surface area (Å²) in [5.74, 6) is 2.58. The van der Waals surface area contributed by atoms with Gasteiger partial charge in [-0.15, -0.1) is 0 Å². The molecule has 0 fully saturated rings. The molecule has 0 radical (unpaired) electrons. The predicted octanol–water partition coefficient (Wildman–Crippen LogP) is 4.94. The monoisotopic (exact) mass is 363 g/mol. The lowest BCUT2D eigenvalue weighted by Gasteiger charge is -2.14. The van der Waals surface area contributed by atoms with E-state index in [2.05, 4.69) is 5.32 Å². The lowest BCUT2D eigenvalue weighted by atomic mass is 10.2. The van der Waals surface area contributed by atoms with Crippen molar-refractivity contribution in [2.45, 2.75) is 6.92 Å². The summed E-state index contributed by atoms with van der Waals surface area (Å²) in [7, 11) is 0. The average molecular weight is 363 g/mol. The van der Waals surface area contributed by atoms with Gasteiger partial charge in [-0.1, -0.05) is 48.5 Å². The number of ether oxygens (including phenoxy) is 3. The van der Waals surface area contributed by atoms with Crippen LogP contribution < -0.4 is 19.5 Å². The summed E-state index contributed by atoms with van der Waals surface area (Å²) < 4.78 is 17.3. The molecule has 0 saturated carbocycles. The number of para-hydroxylation sites is 4. The van der Waals surface area contributed by atoms with Gasteiger partial charge >= 0.3 is 0 Å². The topological polar surface area (TPSA) is 39.7 Å². The first kappa shape index (κ1) is 18.6. The van der Waals surface area contributed by atoms with E-state index in [-0.39, 0.29) is 0 Å². The molecule has 27 heavy (non-hydrogen) atoms. The van der Waals surface area contributed by atoms with Gasteiger partial charge < -0.3 is 19.5 Å². The summed E-state index contributed by atoms with van der Waals surface area (Å²) in [6, 6.07) is 25.7. The number of hydrogen-bond donors (Lipinski definition) is 1. The normalized spacial score (nSPS) is 10.3. The van der Waals surface area contributed by atoms with Gasteiger partial charge in [-0.25, -0.2) is 0 Å². The third-order valence-corrected chi connectivity index (χ3v) is 4.01. The Morgan fingerprint density at radius 2 is 1.26 bits per heavy atom. The van der Waals surface area contributed by atoms with Gasteiger partial charge in [0.25, 0.3) is 0 Å². The molecule has 0 heterocycles. The SMILES string of the molecule is Cc1ccccc1OCCNc1ccccc1OCCOc1ccccc1. The van der Waals surface area contributed by atoms with E-state index < -0.39 is 0 Å². The van der Waals surface area contributed by atoms with E-state index >= 15 is 0 Å². The number of nitrogens with one attached hydrogen (secondary N) is 1. The Kier molecular flexibility index (Phi) is 6.99. The van der Waals surface area contributed by atoms with Crippen molar-refractivity contribution in [1.82, 2.24) is 0 Å². The van der Waals surface area contributed by atoms with E-state index in [1.54, 1.807) is 0 Å². The van der Waals surface area contributed by atoms with Gasteiger partial charge in [0, 0.05) is 6.54 Å². The molecule has 3 aromatic rings. The second kappa shape index (κ2) is 10.1. The highest BCUT2D eigenvalue weighted by molar-refractivity contribution is 5.56. The zero-order valence-electron chi connectivity index (χ0n) is 15.6. The minimum absolute atomic E-state index is 0.479. The van der Waals surface area contributed by atoms with Crippen molar-refractivity contribution < 1.29 is 14.2 Å². The molecule has 0 aliphatic carbocycles. The maximum atomic E-state index is 5.87. The maximum absolute atomic E-state index is 5.87. The van der Waals surface area contributed by atoms with Crippen LogP contribution in [0.3, 0.4) is 0 Å². The zero-order chi connectivity index (χ0) is 18.7. The van der Waals surface area contributed by atoms with Crippen molar-refractivity contribution in [3.05, 3.63) is 84.4 Å². The first-order valence-corrected chi connectivity index (χ1v) is 9.15. The van der Waals surface area contributed by atoms with E-state index in [1.807, 2.05) is 85.8 Å². The molecule has 0 aliphatic rings. The van der Waals surface area contributed by atoms with Gasteiger partial charge in [-0.05, 0) is 42.8 Å². The van der Waals surface area contributed by atoms with Crippen LogP contribution in [0, 0.1) is 6.92 Å². The van der Waals surface area contributed by atoms with Crippen LogP contribution in [0.15, 0.2) is 78.9 Å². The highest BCUT2D eigenvalue weighted by atomic mass is 16.5. The van der Waals surface area contributed by atoms with Crippen LogP contribution in [-0.4, -0.2) is 26.4 Å². The van der Waals surface area contributed by atoms with E-state index in [0.29, 0.717) is 26.4 Å². The predicted molar refractivity (Wildman–Crippen MR) is 109 cm³/mol. The van der Waals surface area contributed by atoms with Crippen molar-refractivity contribution in [2.75, 3.05) is 31.7 Å². The molecule has 0 atom stereocenters. The van der Waals surface area contributed by atoms with Gasteiger partial charge in [0.1, 0.15) is 37.1 Å².